The molecule has 4 heteroatoms. The highest BCUT2D eigenvalue weighted by molar-refractivity contribution is 8.01. The fourth-order valence-electron chi connectivity index (χ4n) is 1.82. The average molecular weight is 294 g/mol. The summed E-state index contributed by atoms with van der Waals surface area (Å²) in [5.41, 5.74) is 2.05. The van der Waals surface area contributed by atoms with E-state index in [4.69, 9.17) is 0 Å². The zero-order valence-corrected chi connectivity index (χ0v) is 14.0. The van der Waals surface area contributed by atoms with Gasteiger partial charge in [0, 0.05) is 29.2 Å². The highest BCUT2D eigenvalue weighted by atomic mass is 32.2. The molecule has 0 saturated heterocycles. The van der Waals surface area contributed by atoms with Gasteiger partial charge in [-0.25, -0.2) is 0 Å². The second-order valence-electron chi connectivity index (χ2n) is 5.67. The second kappa shape index (κ2) is 7.58. The highest BCUT2D eigenvalue weighted by Gasteiger charge is 2.13. The number of carbonyl (C=O) groups is 1. The summed E-state index contributed by atoms with van der Waals surface area (Å²) in [5.74, 6) is 0.543. The summed E-state index contributed by atoms with van der Waals surface area (Å²) >= 11 is 1.66. The molecule has 0 atom stereocenters. The summed E-state index contributed by atoms with van der Waals surface area (Å²) < 4.78 is 0.115. The molecule has 0 unspecified atom stereocenters. The Bertz CT molecular complexity index is 419. The molecular weight excluding hydrogens is 268 g/mol. The molecule has 1 amide bonds. The minimum atomic E-state index is 0.0560. The van der Waals surface area contributed by atoms with Crippen molar-refractivity contribution in [3.8, 4) is 0 Å². The smallest absolute Gasteiger partial charge is 0.234 e. The van der Waals surface area contributed by atoms with Crippen molar-refractivity contribution in [1.29, 1.82) is 0 Å². The first-order valence-corrected chi connectivity index (χ1v) is 8.13. The third-order valence-electron chi connectivity index (χ3n) is 2.92. The number of amides is 1. The second-order valence-corrected chi connectivity index (χ2v) is 7.47. The van der Waals surface area contributed by atoms with Crippen LogP contribution in [0.4, 0.5) is 11.4 Å². The first kappa shape index (κ1) is 16.9. The Balaban J connectivity index is 2.55. The van der Waals surface area contributed by atoms with E-state index in [9.17, 15) is 4.79 Å². The van der Waals surface area contributed by atoms with E-state index in [-0.39, 0.29) is 10.7 Å². The average Bonchev–Trinajstić information content (AvgIpc) is 2.39. The molecule has 3 nitrogen and oxygen atoms in total. The normalized spacial score (nSPS) is 11.2. The van der Waals surface area contributed by atoms with Crippen molar-refractivity contribution in [2.75, 3.05) is 29.1 Å². The molecule has 0 bridgehead atoms. The molecule has 0 spiro atoms. The monoisotopic (exact) mass is 294 g/mol. The molecule has 0 aliphatic rings. The third kappa shape index (κ3) is 5.87. The lowest BCUT2D eigenvalue weighted by molar-refractivity contribution is -0.113. The largest absolute Gasteiger partial charge is 0.372 e. The summed E-state index contributed by atoms with van der Waals surface area (Å²) in [6.45, 7) is 12.6. The van der Waals surface area contributed by atoms with Crippen molar-refractivity contribution < 1.29 is 4.79 Å². The fraction of sp³-hybridized carbons (Fsp3) is 0.562. The number of rotatable bonds is 6. The van der Waals surface area contributed by atoms with E-state index in [0.717, 1.165) is 18.8 Å². The molecule has 1 aromatic rings. The van der Waals surface area contributed by atoms with Crippen LogP contribution < -0.4 is 10.2 Å². The Hall–Kier alpha value is -1.16. The van der Waals surface area contributed by atoms with E-state index < -0.39 is 0 Å². The van der Waals surface area contributed by atoms with Crippen LogP contribution in [0.15, 0.2) is 24.3 Å². The topological polar surface area (TPSA) is 32.3 Å². The van der Waals surface area contributed by atoms with Crippen LogP contribution >= 0.6 is 11.8 Å². The summed E-state index contributed by atoms with van der Waals surface area (Å²) in [6.07, 6.45) is 0. The predicted molar refractivity (Wildman–Crippen MR) is 90.8 cm³/mol. The molecule has 0 saturated carbocycles. The molecule has 1 rings (SSSR count). The lowest BCUT2D eigenvalue weighted by atomic mass is 10.2. The summed E-state index contributed by atoms with van der Waals surface area (Å²) in [6, 6.07) is 8.04. The van der Waals surface area contributed by atoms with Crippen LogP contribution in [0.1, 0.15) is 34.6 Å². The molecule has 1 aromatic carbocycles. The van der Waals surface area contributed by atoms with E-state index in [2.05, 4.69) is 57.0 Å². The maximum Gasteiger partial charge on any atom is 0.234 e. The van der Waals surface area contributed by atoms with Crippen LogP contribution in [-0.4, -0.2) is 29.5 Å². The van der Waals surface area contributed by atoms with E-state index in [1.54, 1.807) is 11.8 Å². The van der Waals surface area contributed by atoms with Gasteiger partial charge in [-0.3, -0.25) is 4.79 Å². The van der Waals surface area contributed by atoms with Gasteiger partial charge in [0.2, 0.25) is 5.91 Å². The van der Waals surface area contributed by atoms with Crippen molar-refractivity contribution in [3.63, 3.8) is 0 Å². The fourth-order valence-corrected chi connectivity index (χ4v) is 2.46. The van der Waals surface area contributed by atoms with Crippen molar-refractivity contribution in [2.45, 2.75) is 39.4 Å². The van der Waals surface area contributed by atoms with Gasteiger partial charge in [0.15, 0.2) is 0 Å². The van der Waals surface area contributed by atoms with Gasteiger partial charge in [-0.1, -0.05) is 20.8 Å². The predicted octanol–water partition coefficient (Wildman–Crippen LogP) is 4.00. The van der Waals surface area contributed by atoms with Gasteiger partial charge in [0.1, 0.15) is 0 Å². The number of hydrogen-bond donors (Lipinski definition) is 1. The van der Waals surface area contributed by atoms with Crippen molar-refractivity contribution in [1.82, 2.24) is 0 Å². The standard InChI is InChI=1S/C16H26N2OS/c1-6-18(7-2)14-10-8-13(9-11-14)17-15(19)12-20-16(3,4)5/h8-11H,6-7,12H2,1-5H3,(H,17,19). The van der Waals surface area contributed by atoms with Gasteiger partial charge < -0.3 is 10.2 Å². The molecule has 112 valence electrons. The molecule has 20 heavy (non-hydrogen) atoms. The maximum absolute atomic E-state index is 11.8. The number of anilines is 2. The highest BCUT2D eigenvalue weighted by Crippen LogP contribution is 2.23. The van der Waals surface area contributed by atoms with Gasteiger partial charge in [-0.15, -0.1) is 11.8 Å². The molecule has 0 aliphatic carbocycles. The van der Waals surface area contributed by atoms with Gasteiger partial charge in [0.05, 0.1) is 5.75 Å². The summed E-state index contributed by atoms with van der Waals surface area (Å²) in [4.78, 5) is 14.1. The molecule has 0 aliphatic heterocycles. The first-order valence-electron chi connectivity index (χ1n) is 7.14. The van der Waals surface area contributed by atoms with Crippen LogP contribution in [0, 0.1) is 0 Å². The molecule has 0 fully saturated rings. The zero-order chi connectivity index (χ0) is 15.2. The summed E-state index contributed by atoms with van der Waals surface area (Å²) in [5, 5.41) is 2.94. The molecule has 0 radical (unpaired) electrons. The number of nitrogens with one attached hydrogen (secondary N) is 1. The van der Waals surface area contributed by atoms with Gasteiger partial charge in [-0.2, -0.15) is 0 Å². The number of thioether (sulfide) groups is 1. The van der Waals surface area contributed by atoms with Crippen LogP contribution in [0.25, 0.3) is 0 Å². The maximum atomic E-state index is 11.8. The van der Waals surface area contributed by atoms with Crippen molar-refractivity contribution >= 4 is 29.0 Å². The van der Waals surface area contributed by atoms with E-state index in [1.165, 1.54) is 5.69 Å². The van der Waals surface area contributed by atoms with Crippen LogP contribution in [0.5, 0.6) is 0 Å². The lowest BCUT2D eigenvalue weighted by Crippen LogP contribution is -2.22. The number of hydrogen-bond acceptors (Lipinski definition) is 3. The van der Waals surface area contributed by atoms with Crippen LogP contribution in [0.2, 0.25) is 0 Å². The SMILES string of the molecule is CCN(CC)c1ccc(NC(=O)CSC(C)(C)C)cc1. The van der Waals surface area contributed by atoms with Gasteiger partial charge in [0.25, 0.3) is 0 Å². The molecule has 0 aromatic heterocycles. The Morgan fingerprint density at radius 2 is 1.70 bits per heavy atom. The Morgan fingerprint density at radius 3 is 2.15 bits per heavy atom. The molecular formula is C16H26N2OS. The first-order chi connectivity index (χ1) is 9.35. The van der Waals surface area contributed by atoms with E-state index >= 15 is 0 Å². The third-order valence-corrected chi connectivity index (χ3v) is 4.19. The molecule has 0 heterocycles. The van der Waals surface area contributed by atoms with Crippen LogP contribution in [-0.2, 0) is 4.79 Å². The molecule has 1 N–H and O–H groups in total. The lowest BCUT2D eigenvalue weighted by Gasteiger charge is -2.21. The van der Waals surface area contributed by atoms with Crippen molar-refractivity contribution in [2.24, 2.45) is 0 Å². The van der Waals surface area contributed by atoms with Gasteiger partial charge >= 0.3 is 0 Å². The number of benzene rings is 1. The van der Waals surface area contributed by atoms with E-state index in [0.29, 0.717) is 5.75 Å². The van der Waals surface area contributed by atoms with Crippen molar-refractivity contribution in [3.05, 3.63) is 24.3 Å². The van der Waals surface area contributed by atoms with E-state index in [1.807, 2.05) is 12.1 Å². The number of nitrogens with zero attached hydrogens (tertiary/aromatic N) is 1. The van der Waals surface area contributed by atoms with Gasteiger partial charge in [-0.05, 0) is 38.1 Å². The minimum Gasteiger partial charge on any atom is -0.372 e. The Labute approximate surface area is 127 Å². The number of carbonyl (C=O) groups excluding carboxylic acids is 1. The minimum absolute atomic E-state index is 0.0560. The zero-order valence-electron chi connectivity index (χ0n) is 13.2. The Morgan fingerprint density at radius 1 is 1.15 bits per heavy atom. The quantitative estimate of drug-likeness (QED) is 0.860. The summed E-state index contributed by atoms with van der Waals surface area (Å²) in [7, 11) is 0. The van der Waals surface area contributed by atoms with Crippen LogP contribution in [0.3, 0.4) is 0 Å². The Kier molecular flexibility index (Phi) is 6.40.